The third kappa shape index (κ3) is 9.74. The summed E-state index contributed by atoms with van der Waals surface area (Å²) in [6.07, 6.45) is 3.15. The van der Waals surface area contributed by atoms with Gasteiger partial charge in [0.1, 0.15) is 0 Å². The Bertz CT molecular complexity index is 423. The molecule has 0 spiro atoms. The number of nitrogens with zero attached hydrogens (tertiary/aromatic N) is 2. The Morgan fingerprint density at radius 2 is 2.00 bits per heavy atom. The molecule has 1 aliphatic heterocycles. The number of morpholine rings is 1. The van der Waals surface area contributed by atoms with Crippen molar-refractivity contribution in [2.45, 2.75) is 52.2 Å². The van der Waals surface area contributed by atoms with E-state index in [2.05, 4.69) is 36.3 Å². The van der Waals surface area contributed by atoms with E-state index in [-0.39, 0.29) is 0 Å². The molecule has 7 nitrogen and oxygen atoms in total. The van der Waals surface area contributed by atoms with Crippen LogP contribution in [-0.4, -0.2) is 87.3 Å². The second-order valence-corrected chi connectivity index (χ2v) is 8.17. The Morgan fingerprint density at radius 3 is 2.63 bits per heavy atom. The maximum Gasteiger partial charge on any atom is 0.191 e. The van der Waals surface area contributed by atoms with Gasteiger partial charge in [0.2, 0.25) is 0 Å². The van der Waals surface area contributed by atoms with Crippen LogP contribution in [0, 0.1) is 11.8 Å². The predicted octanol–water partition coefficient (Wildman–Crippen LogP) is 1.08. The van der Waals surface area contributed by atoms with Crippen LogP contribution in [0.25, 0.3) is 0 Å². The second kappa shape index (κ2) is 12.5. The van der Waals surface area contributed by atoms with Gasteiger partial charge in [-0.25, -0.2) is 0 Å². The standard InChI is InChI=1S/C20H40N4O3/c1-4-21-20(23-13-19(25)15-27-14-17-5-6-17)22-12-18(11-16(2)3)24-7-9-26-10-8-24/h16-19,25H,4-15H2,1-3H3,(H2,21,22,23). The monoisotopic (exact) mass is 384 g/mol. The zero-order valence-corrected chi connectivity index (χ0v) is 17.5. The largest absolute Gasteiger partial charge is 0.389 e. The maximum atomic E-state index is 10.1. The number of aliphatic hydroxyl groups excluding tert-OH is 1. The Labute approximate surface area is 164 Å². The SMILES string of the molecule is CCNC(=NCC(CC(C)C)N1CCOCC1)NCC(O)COCC1CC1. The summed E-state index contributed by atoms with van der Waals surface area (Å²) in [5.41, 5.74) is 0. The quantitative estimate of drug-likeness (QED) is 0.345. The molecule has 7 heteroatoms. The smallest absolute Gasteiger partial charge is 0.191 e. The number of rotatable bonds is 12. The number of guanidine groups is 1. The molecule has 27 heavy (non-hydrogen) atoms. The first kappa shape index (κ1) is 22.4. The van der Waals surface area contributed by atoms with Crippen LogP contribution in [0.4, 0.5) is 0 Å². The Hall–Kier alpha value is -0.890. The zero-order chi connectivity index (χ0) is 19.5. The molecule has 0 aromatic carbocycles. The molecule has 1 saturated carbocycles. The highest BCUT2D eigenvalue weighted by Crippen LogP contribution is 2.28. The molecule has 1 heterocycles. The van der Waals surface area contributed by atoms with E-state index in [1.54, 1.807) is 0 Å². The molecule has 0 bridgehead atoms. The van der Waals surface area contributed by atoms with Crippen molar-refractivity contribution in [3.63, 3.8) is 0 Å². The van der Waals surface area contributed by atoms with Gasteiger partial charge in [-0.05, 0) is 38.0 Å². The van der Waals surface area contributed by atoms with Crippen LogP contribution in [0.1, 0.15) is 40.0 Å². The molecule has 1 saturated heterocycles. The van der Waals surface area contributed by atoms with Gasteiger partial charge in [0, 0.05) is 38.8 Å². The Kier molecular flexibility index (Phi) is 10.4. The van der Waals surface area contributed by atoms with Crippen LogP contribution >= 0.6 is 0 Å². The highest BCUT2D eigenvalue weighted by molar-refractivity contribution is 5.79. The molecule has 0 aromatic heterocycles. The van der Waals surface area contributed by atoms with Gasteiger partial charge in [-0.2, -0.15) is 0 Å². The molecule has 0 amide bonds. The molecule has 2 atom stereocenters. The van der Waals surface area contributed by atoms with Gasteiger partial charge in [0.15, 0.2) is 5.96 Å². The van der Waals surface area contributed by atoms with Crippen molar-refractivity contribution >= 4 is 5.96 Å². The summed E-state index contributed by atoms with van der Waals surface area (Å²) in [4.78, 5) is 7.29. The van der Waals surface area contributed by atoms with E-state index in [0.717, 1.165) is 64.3 Å². The van der Waals surface area contributed by atoms with Gasteiger partial charge in [0.05, 0.1) is 32.5 Å². The molecular weight excluding hydrogens is 344 g/mol. The fourth-order valence-corrected chi connectivity index (χ4v) is 3.29. The summed E-state index contributed by atoms with van der Waals surface area (Å²) in [5, 5.41) is 16.6. The number of ether oxygens (including phenoxy) is 2. The van der Waals surface area contributed by atoms with Crippen molar-refractivity contribution in [1.29, 1.82) is 0 Å². The zero-order valence-electron chi connectivity index (χ0n) is 17.5. The number of nitrogens with one attached hydrogen (secondary N) is 2. The summed E-state index contributed by atoms with van der Waals surface area (Å²) < 4.78 is 11.1. The average molecular weight is 385 g/mol. The molecule has 2 unspecified atom stereocenters. The third-order valence-electron chi connectivity index (χ3n) is 4.98. The van der Waals surface area contributed by atoms with Crippen molar-refractivity contribution in [2.75, 3.05) is 59.2 Å². The normalized spacial score (nSPS) is 21.3. The predicted molar refractivity (Wildman–Crippen MR) is 109 cm³/mol. The van der Waals surface area contributed by atoms with Crippen molar-refractivity contribution in [1.82, 2.24) is 15.5 Å². The lowest BCUT2D eigenvalue weighted by Crippen LogP contribution is -2.47. The first-order valence-corrected chi connectivity index (χ1v) is 10.7. The molecule has 1 aliphatic carbocycles. The molecule has 3 N–H and O–H groups in total. The highest BCUT2D eigenvalue weighted by atomic mass is 16.5. The number of hydrogen-bond acceptors (Lipinski definition) is 5. The van der Waals surface area contributed by atoms with E-state index in [4.69, 9.17) is 14.5 Å². The van der Waals surface area contributed by atoms with Crippen LogP contribution in [0.2, 0.25) is 0 Å². The fourth-order valence-electron chi connectivity index (χ4n) is 3.29. The summed E-state index contributed by atoms with van der Waals surface area (Å²) in [6.45, 7) is 13.3. The minimum absolute atomic E-state index is 0.382. The average Bonchev–Trinajstić information content (AvgIpc) is 3.47. The lowest BCUT2D eigenvalue weighted by atomic mass is 10.0. The van der Waals surface area contributed by atoms with Gasteiger partial charge in [-0.3, -0.25) is 9.89 Å². The van der Waals surface area contributed by atoms with Crippen LogP contribution in [0.3, 0.4) is 0 Å². The summed E-state index contributed by atoms with van der Waals surface area (Å²) in [7, 11) is 0. The van der Waals surface area contributed by atoms with Crippen molar-refractivity contribution in [3.8, 4) is 0 Å². The second-order valence-electron chi connectivity index (χ2n) is 8.17. The number of aliphatic imine (C=N–C) groups is 1. The van der Waals surface area contributed by atoms with E-state index in [1.807, 2.05) is 0 Å². The maximum absolute atomic E-state index is 10.1. The summed E-state index contributed by atoms with van der Waals surface area (Å²) in [5.74, 6) is 2.12. The third-order valence-corrected chi connectivity index (χ3v) is 4.98. The highest BCUT2D eigenvalue weighted by Gasteiger charge is 2.22. The van der Waals surface area contributed by atoms with Gasteiger partial charge in [-0.1, -0.05) is 13.8 Å². The van der Waals surface area contributed by atoms with Gasteiger partial charge < -0.3 is 25.2 Å². The Morgan fingerprint density at radius 1 is 1.26 bits per heavy atom. The van der Waals surface area contributed by atoms with E-state index in [1.165, 1.54) is 12.8 Å². The molecule has 2 fully saturated rings. The van der Waals surface area contributed by atoms with Gasteiger partial charge in [-0.15, -0.1) is 0 Å². The Balaban J connectivity index is 1.78. The summed E-state index contributed by atoms with van der Waals surface area (Å²) >= 11 is 0. The molecule has 158 valence electrons. The van der Waals surface area contributed by atoms with Crippen LogP contribution in [0.15, 0.2) is 4.99 Å². The number of hydrogen-bond donors (Lipinski definition) is 3. The molecule has 0 aromatic rings. The van der Waals surface area contributed by atoms with Crippen LogP contribution in [-0.2, 0) is 9.47 Å². The fraction of sp³-hybridized carbons (Fsp3) is 0.950. The van der Waals surface area contributed by atoms with E-state index >= 15 is 0 Å². The first-order valence-electron chi connectivity index (χ1n) is 10.7. The van der Waals surface area contributed by atoms with E-state index < -0.39 is 6.10 Å². The van der Waals surface area contributed by atoms with Crippen molar-refractivity contribution < 1.29 is 14.6 Å². The van der Waals surface area contributed by atoms with Crippen LogP contribution < -0.4 is 10.6 Å². The molecule has 2 rings (SSSR count). The molecule has 2 aliphatic rings. The van der Waals surface area contributed by atoms with Gasteiger partial charge >= 0.3 is 0 Å². The summed E-state index contributed by atoms with van der Waals surface area (Å²) in [6, 6.07) is 0.427. The van der Waals surface area contributed by atoms with Crippen LogP contribution in [0.5, 0.6) is 0 Å². The van der Waals surface area contributed by atoms with E-state index in [9.17, 15) is 5.11 Å². The van der Waals surface area contributed by atoms with Gasteiger partial charge in [0.25, 0.3) is 0 Å². The minimum Gasteiger partial charge on any atom is -0.389 e. The molecular formula is C20H40N4O3. The number of aliphatic hydroxyl groups is 1. The molecule has 0 radical (unpaired) electrons. The minimum atomic E-state index is -0.515. The lowest BCUT2D eigenvalue weighted by molar-refractivity contribution is 0.0142. The first-order chi connectivity index (χ1) is 13.1. The van der Waals surface area contributed by atoms with Crippen molar-refractivity contribution in [3.05, 3.63) is 0 Å². The lowest BCUT2D eigenvalue weighted by Gasteiger charge is -2.34. The van der Waals surface area contributed by atoms with Crippen molar-refractivity contribution in [2.24, 2.45) is 16.8 Å². The topological polar surface area (TPSA) is 78.4 Å². The van der Waals surface area contributed by atoms with E-state index in [0.29, 0.717) is 25.1 Å².